The monoisotopic (exact) mass is 317 g/mol. The maximum absolute atomic E-state index is 12.8. The van der Waals surface area contributed by atoms with E-state index >= 15 is 0 Å². The second-order valence-corrected chi connectivity index (χ2v) is 7.68. The molecule has 4 heteroatoms. The zero-order chi connectivity index (χ0) is 14.9. The molecule has 1 aliphatic heterocycles. The number of hydrogen-bond acceptors (Lipinski definition) is 2. The number of thiocarbonyl (C=S) groups is 1. The van der Waals surface area contributed by atoms with Crippen LogP contribution in [0, 0.1) is 0 Å². The van der Waals surface area contributed by atoms with E-state index in [2.05, 4.69) is 35.6 Å². The van der Waals surface area contributed by atoms with Crippen LogP contribution in [-0.2, 0) is 15.5 Å². The number of hydrogen-bond donors (Lipinski definition) is 1. The van der Waals surface area contributed by atoms with E-state index in [0.717, 1.165) is 30.6 Å². The van der Waals surface area contributed by atoms with Gasteiger partial charge in [-0.05, 0) is 35.2 Å². The number of benzene rings is 2. The van der Waals surface area contributed by atoms with Crippen molar-refractivity contribution in [3.8, 4) is 0 Å². The summed E-state index contributed by atoms with van der Waals surface area (Å²) in [5, 5.41) is 5.47. The summed E-state index contributed by atoms with van der Waals surface area (Å²) in [6, 6.07) is 14.6. The van der Waals surface area contributed by atoms with Gasteiger partial charge in [-0.1, -0.05) is 55.0 Å². The van der Waals surface area contributed by atoms with Gasteiger partial charge in [-0.25, -0.2) is 0 Å². The van der Waals surface area contributed by atoms with Crippen LogP contribution in [0.25, 0.3) is 10.8 Å². The van der Waals surface area contributed by atoms with Gasteiger partial charge in [0.25, 0.3) is 0 Å². The van der Waals surface area contributed by atoms with Crippen LogP contribution in [0.1, 0.15) is 24.8 Å². The van der Waals surface area contributed by atoms with Crippen LogP contribution in [0.3, 0.4) is 0 Å². The molecule has 2 nitrogen and oxygen atoms in total. The lowest BCUT2D eigenvalue weighted by Gasteiger charge is -2.37. The fourth-order valence-corrected chi connectivity index (χ4v) is 5.55. The van der Waals surface area contributed by atoms with Crippen LogP contribution in [0.5, 0.6) is 0 Å². The van der Waals surface area contributed by atoms with E-state index in [0.29, 0.717) is 4.99 Å². The normalized spacial score (nSPS) is 25.7. The molecule has 2 aromatic carbocycles. The van der Waals surface area contributed by atoms with Gasteiger partial charge in [-0.3, -0.25) is 4.21 Å². The van der Waals surface area contributed by atoms with Crippen LogP contribution in [0.2, 0.25) is 0 Å². The third-order valence-electron chi connectivity index (χ3n) is 4.31. The van der Waals surface area contributed by atoms with E-state index in [1.54, 1.807) is 0 Å². The molecule has 1 aliphatic rings. The summed E-state index contributed by atoms with van der Waals surface area (Å²) in [6.45, 7) is 0. The molecular weight excluding hydrogens is 298 g/mol. The third kappa shape index (κ3) is 2.40. The van der Waals surface area contributed by atoms with Crippen LogP contribution in [0.15, 0.2) is 42.5 Å². The zero-order valence-electron chi connectivity index (χ0n) is 12.1. The summed E-state index contributed by atoms with van der Waals surface area (Å²) >= 11 is 5.57. The first kappa shape index (κ1) is 14.7. The average Bonchev–Trinajstić information content (AvgIpc) is 2.54. The second-order valence-electron chi connectivity index (χ2n) is 5.47. The lowest BCUT2D eigenvalue weighted by atomic mass is 9.90. The van der Waals surface area contributed by atoms with Crippen LogP contribution >= 0.6 is 12.2 Å². The summed E-state index contributed by atoms with van der Waals surface area (Å²) in [5.74, 6) is 0.731. The first-order valence-electron chi connectivity index (χ1n) is 7.28. The molecule has 2 atom stereocenters. The Kier molecular flexibility index (Phi) is 4.09. The molecular formula is C17H19NOS2. The first-order valence-corrected chi connectivity index (χ1v) is 9.01. The molecule has 21 heavy (non-hydrogen) atoms. The Bertz CT molecular complexity index is 703. The van der Waals surface area contributed by atoms with E-state index in [1.165, 1.54) is 10.8 Å². The molecule has 0 unspecified atom stereocenters. The Hall–Kier alpha value is -1.26. The topological polar surface area (TPSA) is 29.1 Å². The SMILES string of the molecule is CNC(=S)[C@]1(c2ccc3ccccc3c2)CCCC[S@]1=O. The quantitative estimate of drug-likeness (QED) is 0.859. The van der Waals surface area contributed by atoms with Crippen molar-refractivity contribution in [2.75, 3.05) is 12.8 Å². The molecule has 0 spiro atoms. The van der Waals surface area contributed by atoms with Gasteiger partial charge in [0, 0.05) is 23.6 Å². The first-order chi connectivity index (χ1) is 10.2. The van der Waals surface area contributed by atoms with E-state index in [-0.39, 0.29) is 0 Å². The van der Waals surface area contributed by atoms with Gasteiger partial charge in [-0.2, -0.15) is 0 Å². The fourth-order valence-electron chi connectivity index (χ4n) is 3.16. The maximum atomic E-state index is 12.8. The fraction of sp³-hybridized carbons (Fsp3) is 0.353. The Labute approximate surface area is 133 Å². The molecule has 1 saturated heterocycles. The molecule has 0 radical (unpaired) electrons. The molecule has 0 saturated carbocycles. The molecule has 0 amide bonds. The smallest absolute Gasteiger partial charge is 0.121 e. The van der Waals surface area contributed by atoms with Gasteiger partial charge in [-0.15, -0.1) is 0 Å². The van der Waals surface area contributed by atoms with Crippen molar-refractivity contribution in [1.29, 1.82) is 0 Å². The standard InChI is InChI=1S/C17H19NOS2/c1-18-16(20)17(10-4-5-11-21(17)19)15-9-8-13-6-2-3-7-14(13)12-15/h2-3,6-9,12H,4-5,10-11H2,1H3,(H,18,20)/t17-,21-/m1/s1. The highest BCUT2D eigenvalue weighted by molar-refractivity contribution is 7.90. The Balaban J connectivity index is 2.18. The highest BCUT2D eigenvalue weighted by atomic mass is 32.2. The van der Waals surface area contributed by atoms with E-state index in [9.17, 15) is 4.21 Å². The Morgan fingerprint density at radius 3 is 2.67 bits per heavy atom. The number of nitrogens with one attached hydrogen (secondary N) is 1. The highest BCUT2D eigenvalue weighted by Crippen LogP contribution is 2.39. The number of fused-ring (bicyclic) bond motifs is 1. The minimum absolute atomic E-state index is 0.521. The van der Waals surface area contributed by atoms with Gasteiger partial charge in [0.2, 0.25) is 0 Å². The van der Waals surface area contributed by atoms with Crippen molar-refractivity contribution in [1.82, 2.24) is 5.32 Å². The summed E-state index contributed by atoms with van der Waals surface area (Å²) in [7, 11) is 0.866. The highest BCUT2D eigenvalue weighted by Gasteiger charge is 2.44. The van der Waals surface area contributed by atoms with E-state index in [1.807, 2.05) is 19.2 Å². The maximum Gasteiger partial charge on any atom is 0.121 e. The molecule has 3 rings (SSSR count). The average molecular weight is 317 g/mol. The van der Waals surface area contributed by atoms with Crippen molar-refractivity contribution >= 4 is 38.8 Å². The Morgan fingerprint density at radius 1 is 1.19 bits per heavy atom. The van der Waals surface area contributed by atoms with E-state index < -0.39 is 15.5 Å². The minimum atomic E-state index is -0.964. The van der Waals surface area contributed by atoms with Gasteiger partial charge in [0.05, 0.1) is 4.99 Å². The van der Waals surface area contributed by atoms with Crippen LogP contribution in [-0.4, -0.2) is 22.0 Å². The minimum Gasteiger partial charge on any atom is -0.381 e. The van der Waals surface area contributed by atoms with Crippen molar-refractivity contribution < 1.29 is 4.21 Å². The second kappa shape index (κ2) is 5.85. The van der Waals surface area contributed by atoms with E-state index in [4.69, 9.17) is 12.2 Å². The molecule has 1 fully saturated rings. The molecule has 0 aromatic heterocycles. The lowest BCUT2D eigenvalue weighted by molar-refractivity contribution is 0.575. The van der Waals surface area contributed by atoms with Gasteiger partial charge in [0.1, 0.15) is 4.75 Å². The molecule has 1 N–H and O–H groups in total. The molecule has 110 valence electrons. The molecule has 2 aromatic rings. The molecule has 1 heterocycles. The van der Waals surface area contributed by atoms with Crippen molar-refractivity contribution in [2.24, 2.45) is 0 Å². The van der Waals surface area contributed by atoms with Gasteiger partial charge >= 0.3 is 0 Å². The third-order valence-corrected chi connectivity index (χ3v) is 7.07. The van der Waals surface area contributed by atoms with Crippen molar-refractivity contribution in [3.63, 3.8) is 0 Å². The predicted octanol–water partition coefficient (Wildman–Crippen LogP) is 3.51. The zero-order valence-corrected chi connectivity index (χ0v) is 13.7. The summed E-state index contributed by atoms with van der Waals surface area (Å²) < 4.78 is 12.3. The largest absolute Gasteiger partial charge is 0.381 e. The summed E-state index contributed by atoms with van der Waals surface area (Å²) in [5.41, 5.74) is 1.08. The van der Waals surface area contributed by atoms with Crippen molar-refractivity contribution in [2.45, 2.75) is 24.0 Å². The van der Waals surface area contributed by atoms with Crippen LogP contribution < -0.4 is 5.32 Å². The molecule has 0 bridgehead atoms. The summed E-state index contributed by atoms with van der Waals surface area (Å²) in [6.07, 6.45) is 2.95. The van der Waals surface area contributed by atoms with Crippen LogP contribution in [0.4, 0.5) is 0 Å². The summed E-state index contributed by atoms with van der Waals surface area (Å²) in [4.78, 5) is 0.704. The Morgan fingerprint density at radius 2 is 1.95 bits per heavy atom. The lowest BCUT2D eigenvalue weighted by Crippen LogP contribution is -2.47. The van der Waals surface area contributed by atoms with Gasteiger partial charge in [0.15, 0.2) is 0 Å². The van der Waals surface area contributed by atoms with Gasteiger partial charge < -0.3 is 5.32 Å². The van der Waals surface area contributed by atoms with Crippen molar-refractivity contribution in [3.05, 3.63) is 48.0 Å². The number of rotatable bonds is 2. The number of likely N-dealkylation sites (N-methyl/N-ethyl adjacent to an activating group) is 1. The molecule has 0 aliphatic carbocycles. The predicted molar refractivity (Wildman–Crippen MR) is 94.1 cm³/mol.